The predicted octanol–water partition coefficient (Wildman–Crippen LogP) is 4.46. The lowest BCUT2D eigenvalue weighted by atomic mass is 9.89. The van der Waals surface area contributed by atoms with Gasteiger partial charge in [0.2, 0.25) is 0 Å². The predicted molar refractivity (Wildman–Crippen MR) is 98.4 cm³/mol. The number of benzene rings is 1. The third-order valence-corrected chi connectivity index (χ3v) is 5.78. The zero-order valence-corrected chi connectivity index (χ0v) is 14.6. The summed E-state index contributed by atoms with van der Waals surface area (Å²) in [6.45, 7) is 5.59. The van der Waals surface area contributed by atoms with Gasteiger partial charge in [0.15, 0.2) is 0 Å². The average Bonchev–Trinajstić information content (AvgIpc) is 3.38. The van der Waals surface area contributed by atoms with E-state index < -0.39 is 0 Å². The van der Waals surface area contributed by atoms with Crippen LogP contribution in [0.2, 0.25) is 0 Å². The Balaban J connectivity index is 1.66. The fourth-order valence-corrected chi connectivity index (χ4v) is 4.32. The minimum atomic E-state index is -0.160. The second-order valence-electron chi connectivity index (χ2n) is 7.49. The number of aliphatic imine (C=N–C) groups is 1. The van der Waals surface area contributed by atoms with Crippen LogP contribution in [0.25, 0.3) is 5.57 Å². The Morgan fingerprint density at radius 1 is 1.28 bits per heavy atom. The molecule has 3 aliphatic heterocycles. The van der Waals surface area contributed by atoms with Gasteiger partial charge in [-0.2, -0.15) is 0 Å². The molecule has 1 unspecified atom stereocenters. The molecule has 128 valence electrons. The van der Waals surface area contributed by atoms with E-state index in [-0.39, 0.29) is 5.83 Å². The highest BCUT2D eigenvalue weighted by molar-refractivity contribution is 5.89. The molecule has 4 aliphatic rings. The van der Waals surface area contributed by atoms with Crippen molar-refractivity contribution in [1.82, 2.24) is 10.2 Å². The van der Waals surface area contributed by atoms with Gasteiger partial charge in [-0.25, -0.2) is 4.39 Å². The Kier molecular flexibility index (Phi) is 3.26. The molecule has 1 aliphatic carbocycles. The summed E-state index contributed by atoms with van der Waals surface area (Å²) in [5.74, 6) is 0.435. The fourth-order valence-electron chi connectivity index (χ4n) is 4.32. The SMILES string of the molecule is CC1=C(c2ccc3c(c2)CNC3C)C(F)=CN2CN=CC(C3CC3)=C12. The number of hydrogen-bond donors (Lipinski definition) is 1. The van der Waals surface area contributed by atoms with Gasteiger partial charge in [0.25, 0.3) is 0 Å². The summed E-state index contributed by atoms with van der Waals surface area (Å²) in [7, 11) is 0. The lowest BCUT2D eigenvalue weighted by molar-refractivity contribution is 0.452. The summed E-state index contributed by atoms with van der Waals surface area (Å²) in [5.41, 5.74) is 7.80. The molecule has 0 amide bonds. The number of nitrogens with one attached hydrogen (secondary N) is 1. The van der Waals surface area contributed by atoms with Crippen molar-refractivity contribution in [3.8, 4) is 0 Å². The zero-order chi connectivity index (χ0) is 17.1. The summed E-state index contributed by atoms with van der Waals surface area (Å²) < 4.78 is 15.0. The van der Waals surface area contributed by atoms with Crippen LogP contribution in [0.3, 0.4) is 0 Å². The van der Waals surface area contributed by atoms with Crippen LogP contribution in [-0.4, -0.2) is 17.8 Å². The summed E-state index contributed by atoms with van der Waals surface area (Å²) in [4.78, 5) is 6.40. The maximum atomic E-state index is 15.0. The third-order valence-electron chi connectivity index (χ3n) is 5.78. The van der Waals surface area contributed by atoms with Gasteiger partial charge < -0.3 is 10.2 Å². The van der Waals surface area contributed by atoms with Gasteiger partial charge in [-0.15, -0.1) is 0 Å². The second-order valence-corrected chi connectivity index (χ2v) is 7.49. The van der Waals surface area contributed by atoms with E-state index in [4.69, 9.17) is 0 Å². The van der Waals surface area contributed by atoms with E-state index in [1.165, 1.54) is 35.2 Å². The van der Waals surface area contributed by atoms with E-state index in [9.17, 15) is 4.39 Å². The minimum Gasteiger partial charge on any atom is -0.324 e. The van der Waals surface area contributed by atoms with Gasteiger partial charge in [0, 0.05) is 30.6 Å². The highest BCUT2D eigenvalue weighted by Crippen LogP contribution is 2.45. The Bertz CT molecular complexity index is 886. The van der Waals surface area contributed by atoms with Crippen LogP contribution < -0.4 is 5.32 Å². The van der Waals surface area contributed by atoms with E-state index in [0.29, 0.717) is 18.6 Å². The molecule has 3 nitrogen and oxygen atoms in total. The number of rotatable bonds is 2. The molecule has 0 saturated heterocycles. The first-order valence-electron chi connectivity index (χ1n) is 9.09. The average molecular weight is 335 g/mol. The van der Waals surface area contributed by atoms with Gasteiger partial charge >= 0.3 is 0 Å². The first-order valence-corrected chi connectivity index (χ1v) is 9.09. The molecule has 1 N–H and O–H groups in total. The molecule has 25 heavy (non-hydrogen) atoms. The van der Waals surface area contributed by atoms with Crippen molar-refractivity contribution in [2.75, 3.05) is 6.67 Å². The Morgan fingerprint density at radius 2 is 2.12 bits per heavy atom. The number of fused-ring (bicyclic) bond motifs is 2. The third kappa shape index (κ3) is 2.31. The van der Waals surface area contributed by atoms with Gasteiger partial charge in [-0.1, -0.05) is 12.1 Å². The van der Waals surface area contributed by atoms with Crippen LogP contribution in [0.1, 0.15) is 49.4 Å². The van der Waals surface area contributed by atoms with Crippen molar-refractivity contribution < 1.29 is 4.39 Å². The van der Waals surface area contributed by atoms with E-state index in [2.05, 4.69) is 42.4 Å². The van der Waals surface area contributed by atoms with Crippen LogP contribution in [0.4, 0.5) is 4.39 Å². The summed E-state index contributed by atoms with van der Waals surface area (Å²) in [6.07, 6.45) is 6.08. The number of allylic oxidation sites excluding steroid dienone is 4. The van der Waals surface area contributed by atoms with E-state index in [1.54, 1.807) is 6.20 Å². The van der Waals surface area contributed by atoms with Crippen LogP contribution in [-0.2, 0) is 6.54 Å². The van der Waals surface area contributed by atoms with Gasteiger partial charge in [-0.3, -0.25) is 4.99 Å². The van der Waals surface area contributed by atoms with E-state index in [0.717, 1.165) is 23.3 Å². The fraction of sp³-hybridized carbons (Fsp3) is 0.381. The van der Waals surface area contributed by atoms with Gasteiger partial charge in [0.05, 0.1) is 5.70 Å². The highest BCUT2D eigenvalue weighted by atomic mass is 19.1. The molecule has 0 bridgehead atoms. The lowest BCUT2D eigenvalue weighted by Crippen LogP contribution is -2.27. The first kappa shape index (κ1) is 15.1. The molecule has 4 heteroatoms. The van der Waals surface area contributed by atoms with Crippen LogP contribution in [0.5, 0.6) is 0 Å². The molecular weight excluding hydrogens is 313 g/mol. The molecule has 1 fully saturated rings. The second kappa shape index (κ2) is 5.40. The molecule has 1 aromatic carbocycles. The van der Waals surface area contributed by atoms with Crippen LogP contribution >= 0.6 is 0 Å². The Morgan fingerprint density at radius 3 is 2.92 bits per heavy atom. The Hall–Kier alpha value is -2.20. The van der Waals surface area contributed by atoms with E-state index >= 15 is 0 Å². The normalized spacial score (nSPS) is 25.3. The van der Waals surface area contributed by atoms with Crippen molar-refractivity contribution in [2.45, 2.75) is 39.3 Å². The minimum absolute atomic E-state index is 0.160. The largest absolute Gasteiger partial charge is 0.324 e. The van der Waals surface area contributed by atoms with Crippen LogP contribution in [0, 0.1) is 5.92 Å². The summed E-state index contributed by atoms with van der Waals surface area (Å²) in [6, 6.07) is 6.74. The molecule has 1 atom stereocenters. The lowest BCUT2D eigenvalue weighted by Gasteiger charge is -2.33. The summed E-state index contributed by atoms with van der Waals surface area (Å²) in [5, 5.41) is 3.45. The van der Waals surface area contributed by atoms with Gasteiger partial charge in [-0.05, 0) is 66.5 Å². The number of nitrogens with zero attached hydrogens (tertiary/aromatic N) is 2. The van der Waals surface area contributed by atoms with Crippen LogP contribution in [0.15, 0.2) is 52.1 Å². The standard InChI is InChI=1S/C21H22FN3/c1-12-20(15-5-6-17-13(2)24-8-16(17)7-15)19(22)10-25-11-23-9-18(21(12)25)14-3-4-14/h5-7,9-10,13-14,24H,3-4,8,11H2,1-2H3. The zero-order valence-electron chi connectivity index (χ0n) is 14.6. The maximum absolute atomic E-state index is 15.0. The topological polar surface area (TPSA) is 27.6 Å². The quantitative estimate of drug-likeness (QED) is 0.864. The smallest absolute Gasteiger partial charge is 0.147 e. The molecule has 5 rings (SSSR count). The molecule has 0 spiro atoms. The molecule has 0 aromatic heterocycles. The van der Waals surface area contributed by atoms with Gasteiger partial charge in [0.1, 0.15) is 12.5 Å². The first-order chi connectivity index (χ1) is 12.1. The van der Waals surface area contributed by atoms with Crippen molar-refractivity contribution in [3.05, 3.63) is 63.8 Å². The monoisotopic (exact) mass is 335 g/mol. The van der Waals surface area contributed by atoms with Crippen molar-refractivity contribution in [2.24, 2.45) is 10.9 Å². The highest BCUT2D eigenvalue weighted by Gasteiger charge is 2.34. The van der Waals surface area contributed by atoms with Crippen molar-refractivity contribution in [1.29, 1.82) is 0 Å². The molecule has 1 saturated carbocycles. The summed E-state index contributed by atoms with van der Waals surface area (Å²) >= 11 is 0. The number of halogens is 1. The molecule has 0 radical (unpaired) electrons. The molecule has 3 heterocycles. The molecule has 1 aromatic rings. The van der Waals surface area contributed by atoms with E-state index in [1.807, 2.05) is 11.1 Å². The maximum Gasteiger partial charge on any atom is 0.147 e. The number of hydrogen-bond acceptors (Lipinski definition) is 3. The Labute approximate surface area is 147 Å². The van der Waals surface area contributed by atoms with Crippen molar-refractivity contribution in [3.63, 3.8) is 0 Å². The van der Waals surface area contributed by atoms with Crippen molar-refractivity contribution >= 4 is 11.8 Å². The molecular formula is C21H22FN3.